The smallest absolute Gasteiger partial charge is 0.310 e. The van der Waals surface area contributed by atoms with Crippen molar-refractivity contribution in [2.45, 2.75) is 32.1 Å². The second kappa shape index (κ2) is 8.03. The van der Waals surface area contributed by atoms with Gasteiger partial charge in [0, 0.05) is 5.56 Å². The number of carbonyl (C=O) groups is 2. The van der Waals surface area contributed by atoms with Gasteiger partial charge in [0.2, 0.25) is 0 Å². The first kappa shape index (κ1) is 18.0. The summed E-state index contributed by atoms with van der Waals surface area (Å²) in [6.45, 7) is -0.251. The summed E-state index contributed by atoms with van der Waals surface area (Å²) in [6, 6.07) is 10.7. The predicted octanol–water partition coefficient (Wildman–Crippen LogP) is 4.84. The van der Waals surface area contributed by atoms with Gasteiger partial charge in [-0.1, -0.05) is 41.4 Å². The van der Waals surface area contributed by atoms with Gasteiger partial charge >= 0.3 is 5.97 Å². The van der Waals surface area contributed by atoms with E-state index in [2.05, 4.69) is 0 Å². The normalized spacial score (nSPS) is 13.2. The van der Waals surface area contributed by atoms with Gasteiger partial charge in [0.1, 0.15) is 0 Å². The molecule has 1 aliphatic rings. The minimum Gasteiger partial charge on any atom is -0.457 e. The second-order valence-corrected chi connectivity index (χ2v) is 7.01. The van der Waals surface area contributed by atoms with E-state index in [-0.39, 0.29) is 18.8 Å². The fourth-order valence-corrected chi connectivity index (χ4v) is 3.32. The van der Waals surface area contributed by atoms with E-state index in [1.807, 2.05) is 18.2 Å². The highest BCUT2D eigenvalue weighted by Gasteiger charge is 2.15. The standard InChI is InChI=1S/C20H18Cl2O3/c21-17-8-5-13(9-18(17)22)10-20(24)25-12-19(23)16-7-6-14-3-1-2-4-15(14)11-16/h5-9,11H,1-4,10,12H2. The zero-order chi connectivity index (χ0) is 17.8. The quantitative estimate of drug-likeness (QED) is 0.553. The number of aryl methyl sites for hydroxylation is 2. The molecule has 25 heavy (non-hydrogen) atoms. The van der Waals surface area contributed by atoms with E-state index in [1.165, 1.54) is 17.5 Å². The van der Waals surface area contributed by atoms with Crippen molar-refractivity contribution in [1.82, 2.24) is 0 Å². The van der Waals surface area contributed by atoms with Crippen molar-refractivity contribution in [2.24, 2.45) is 0 Å². The number of benzene rings is 2. The van der Waals surface area contributed by atoms with Gasteiger partial charge in [-0.05, 0) is 60.6 Å². The minimum absolute atomic E-state index is 0.0500. The van der Waals surface area contributed by atoms with Crippen LogP contribution in [0.25, 0.3) is 0 Å². The number of rotatable bonds is 5. The molecule has 0 aliphatic heterocycles. The molecule has 0 spiro atoms. The Hall–Kier alpha value is -1.84. The molecule has 3 nitrogen and oxygen atoms in total. The minimum atomic E-state index is -0.468. The molecule has 0 unspecified atom stereocenters. The maximum absolute atomic E-state index is 12.3. The Bertz CT molecular complexity index is 815. The Morgan fingerprint density at radius 1 is 0.920 bits per heavy atom. The Morgan fingerprint density at radius 2 is 1.68 bits per heavy atom. The van der Waals surface area contributed by atoms with Crippen molar-refractivity contribution in [3.63, 3.8) is 0 Å². The highest BCUT2D eigenvalue weighted by atomic mass is 35.5. The largest absolute Gasteiger partial charge is 0.457 e. The second-order valence-electron chi connectivity index (χ2n) is 6.20. The molecule has 2 aromatic rings. The first-order valence-electron chi connectivity index (χ1n) is 8.27. The molecule has 0 saturated carbocycles. The van der Waals surface area contributed by atoms with E-state index in [1.54, 1.807) is 18.2 Å². The summed E-state index contributed by atoms with van der Waals surface area (Å²) in [6.07, 6.45) is 4.49. The SMILES string of the molecule is O=C(Cc1ccc(Cl)c(Cl)c1)OCC(=O)c1ccc2c(c1)CCCC2. The van der Waals surface area contributed by atoms with Gasteiger partial charge in [-0.25, -0.2) is 0 Å². The number of esters is 1. The lowest BCUT2D eigenvalue weighted by molar-refractivity contribution is -0.141. The van der Waals surface area contributed by atoms with E-state index in [4.69, 9.17) is 27.9 Å². The molecule has 0 radical (unpaired) electrons. The molecule has 3 rings (SSSR count). The van der Waals surface area contributed by atoms with Crippen LogP contribution in [-0.4, -0.2) is 18.4 Å². The lowest BCUT2D eigenvalue weighted by Gasteiger charge is -2.16. The Balaban J connectivity index is 1.56. The highest BCUT2D eigenvalue weighted by molar-refractivity contribution is 6.42. The molecule has 130 valence electrons. The van der Waals surface area contributed by atoms with Crippen LogP contribution in [0.5, 0.6) is 0 Å². The van der Waals surface area contributed by atoms with Gasteiger partial charge in [0.15, 0.2) is 12.4 Å². The van der Waals surface area contributed by atoms with Crippen LogP contribution in [0.3, 0.4) is 0 Å². The summed E-state index contributed by atoms with van der Waals surface area (Å²) in [5, 5.41) is 0.818. The number of ketones is 1. The summed E-state index contributed by atoms with van der Waals surface area (Å²) in [5.41, 5.74) is 3.85. The van der Waals surface area contributed by atoms with Crippen molar-refractivity contribution in [2.75, 3.05) is 6.61 Å². The molecule has 0 heterocycles. The van der Waals surface area contributed by atoms with E-state index >= 15 is 0 Å². The first-order valence-corrected chi connectivity index (χ1v) is 9.03. The van der Waals surface area contributed by atoms with Crippen LogP contribution in [0, 0.1) is 0 Å². The molecule has 0 fully saturated rings. The third-order valence-electron chi connectivity index (χ3n) is 4.37. The van der Waals surface area contributed by atoms with E-state index < -0.39 is 5.97 Å². The van der Waals surface area contributed by atoms with Crippen molar-refractivity contribution in [3.05, 3.63) is 68.7 Å². The summed E-state index contributed by atoms with van der Waals surface area (Å²) in [7, 11) is 0. The van der Waals surface area contributed by atoms with Gasteiger partial charge in [0.25, 0.3) is 0 Å². The van der Waals surface area contributed by atoms with E-state index in [0.717, 1.165) is 19.3 Å². The molecular formula is C20H18Cl2O3. The van der Waals surface area contributed by atoms with Gasteiger partial charge in [-0.3, -0.25) is 9.59 Å². The fourth-order valence-electron chi connectivity index (χ4n) is 3.00. The monoisotopic (exact) mass is 376 g/mol. The number of ether oxygens (including phenoxy) is 1. The van der Waals surface area contributed by atoms with Gasteiger partial charge in [-0.15, -0.1) is 0 Å². The van der Waals surface area contributed by atoms with E-state index in [9.17, 15) is 9.59 Å². The predicted molar refractivity (Wildman–Crippen MR) is 98.5 cm³/mol. The maximum Gasteiger partial charge on any atom is 0.310 e. The van der Waals surface area contributed by atoms with Crippen LogP contribution in [0.15, 0.2) is 36.4 Å². The molecule has 5 heteroatoms. The van der Waals surface area contributed by atoms with Crippen molar-refractivity contribution < 1.29 is 14.3 Å². The molecule has 1 aliphatic carbocycles. The molecule has 2 aromatic carbocycles. The zero-order valence-electron chi connectivity index (χ0n) is 13.7. The number of hydrogen-bond donors (Lipinski definition) is 0. The molecule has 0 saturated heterocycles. The zero-order valence-corrected chi connectivity index (χ0v) is 15.2. The average molecular weight is 377 g/mol. The van der Waals surface area contributed by atoms with Gasteiger partial charge in [0.05, 0.1) is 16.5 Å². The molecule has 0 N–H and O–H groups in total. The number of fused-ring (bicyclic) bond motifs is 1. The number of hydrogen-bond acceptors (Lipinski definition) is 3. The molecule has 0 atom stereocenters. The van der Waals surface area contributed by atoms with Gasteiger partial charge < -0.3 is 4.74 Å². The van der Waals surface area contributed by atoms with Crippen molar-refractivity contribution in [1.29, 1.82) is 0 Å². The molecular weight excluding hydrogens is 359 g/mol. The topological polar surface area (TPSA) is 43.4 Å². The van der Waals surface area contributed by atoms with Crippen molar-refractivity contribution >= 4 is 35.0 Å². The highest BCUT2D eigenvalue weighted by Crippen LogP contribution is 2.23. The lowest BCUT2D eigenvalue weighted by atomic mass is 9.90. The molecule has 0 amide bonds. The summed E-state index contributed by atoms with van der Waals surface area (Å²) in [5.74, 6) is -0.652. The number of halogens is 2. The Labute approximate surface area is 156 Å². The average Bonchev–Trinajstić information content (AvgIpc) is 2.62. The van der Waals surface area contributed by atoms with Crippen LogP contribution in [0.4, 0.5) is 0 Å². The third kappa shape index (κ3) is 4.62. The summed E-state index contributed by atoms with van der Waals surface area (Å²) in [4.78, 5) is 24.2. The number of carbonyl (C=O) groups excluding carboxylic acids is 2. The van der Waals surface area contributed by atoms with E-state index in [0.29, 0.717) is 21.2 Å². The van der Waals surface area contributed by atoms with Crippen molar-refractivity contribution in [3.8, 4) is 0 Å². The van der Waals surface area contributed by atoms with Crippen LogP contribution in [0.2, 0.25) is 10.0 Å². The van der Waals surface area contributed by atoms with Gasteiger partial charge in [-0.2, -0.15) is 0 Å². The maximum atomic E-state index is 12.3. The lowest BCUT2D eigenvalue weighted by Crippen LogP contribution is -2.16. The Morgan fingerprint density at radius 3 is 2.44 bits per heavy atom. The third-order valence-corrected chi connectivity index (χ3v) is 5.11. The van der Waals surface area contributed by atoms with Crippen LogP contribution >= 0.6 is 23.2 Å². The summed E-state index contributed by atoms with van der Waals surface area (Å²) >= 11 is 11.8. The van der Waals surface area contributed by atoms with Crippen LogP contribution < -0.4 is 0 Å². The fraction of sp³-hybridized carbons (Fsp3) is 0.300. The van der Waals surface area contributed by atoms with Crippen LogP contribution in [0.1, 0.15) is 39.9 Å². The molecule has 0 bridgehead atoms. The summed E-state index contributed by atoms with van der Waals surface area (Å²) < 4.78 is 5.11. The Kier molecular flexibility index (Phi) is 5.77. The molecule has 0 aromatic heterocycles. The van der Waals surface area contributed by atoms with Crippen LogP contribution in [-0.2, 0) is 28.8 Å². The first-order chi connectivity index (χ1) is 12.0. The number of Topliss-reactive ketones (excluding diaryl/α,β-unsaturated/α-hetero) is 1.